The Kier molecular flexibility index (Phi) is 7.42. The molecule has 2 amide bonds. The Bertz CT molecular complexity index is 956. The average Bonchev–Trinajstić information content (AvgIpc) is 3.28. The molecule has 0 aliphatic carbocycles. The lowest BCUT2D eigenvalue weighted by molar-refractivity contribution is -0.117. The van der Waals surface area contributed by atoms with Crippen LogP contribution in [0.3, 0.4) is 0 Å². The Labute approximate surface area is 172 Å². The number of hydrazine groups is 1. The molecule has 0 saturated carbocycles. The second-order valence-electron chi connectivity index (χ2n) is 5.80. The van der Waals surface area contributed by atoms with E-state index in [2.05, 4.69) is 10.9 Å². The molecule has 148 valence electrons. The number of benzene rings is 2. The Morgan fingerprint density at radius 3 is 2.41 bits per heavy atom. The van der Waals surface area contributed by atoms with Gasteiger partial charge < -0.3 is 9.47 Å². The van der Waals surface area contributed by atoms with Gasteiger partial charge in [0.1, 0.15) is 24.7 Å². The molecule has 0 aliphatic rings. The van der Waals surface area contributed by atoms with Gasteiger partial charge in [-0.15, -0.1) is 11.3 Å². The largest absolute Gasteiger partial charge is 0.490 e. The Balaban J connectivity index is 1.48. The number of para-hydroxylation sites is 2. The van der Waals surface area contributed by atoms with Crippen LogP contribution in [0, 0.1) is 0 Å². The average molecular weight is 408 g/mol. The van der Waals surface area contributed by atoms with Gasteiger partial charge in [0, 0.05) is 11.0 Å². The van der Waals surface area contributed by atoms with Crippen LogP contribution in [0.15, 0.2) is 78.2 Å². The minimum Gasteiger partial charge on any atom is -0.490 e. The minimum atomic E-state index is -0.470. The van der Waals surface area contributed by atoms with Crippen molar-refractivity contribution in [2.75, 3.05) is 13.2 Å². The van der Waals surface area contributed by atoms with Gasteiger partial charge in [-0.05, 0) is 41.8 Å². The van der Waals surface area contributed by atoms with Gasteiger partial charge in [0.05, 0.1) is 5.56 Å². The Morgan fingerprint density at radius 1 is 0.862 bits per heavy atom. The maximum Gasteiger partial charge on any atom is 0.273 e. The molecule has 2 aromatic carbocycles. The minimum absolute atomic E-state index is 0.273. The molecule has 0 aliphatic heterocycles. The molecule has 3 rings (SSSR count). The molecule has 6 nitrogen and oxygen atoms in total. The molecular weight excluding hydrogens is 388 g/mol. The van der Waals surface area contributed by atoms with Gasteiger partial charge in [0.25, 0.3) is 11.8 Å². The zero-order valence-corrected chi connectivity index (χ0v) is 16.4. The van der Waals surface area contributed by atoms with Gasteiger partial charge in [-0.1, -0.05) is 36.4 Å². The molecule has 0 radical (unpaired) electrons. The van der Waals surface area contributed by atoms with E-state index in [0.717, 1.165) is 10.6 Å². The lowest BCUT2D eigenvalue weighted by atomic mass is 10.2. The van der Waals surface area contributed by atoms with Gasteiger partial charge >= 0.3 is 0 Å². The normalized spacial score (nSPS) is 10.5. The van der Waals surface area contributed by atoms with Crippen molar-refractivity contribution in [1.82, 2.24) is 10.9 Å². The number of hydrogen-bond acceptors (Lipinski definition) is 5. The molecular formula is C22H20N2O4S. The number of carbonyl (C=O) groups is 2. The Hall–Kier alpha value is -3.58. The summed E-state index contributed by atoms with van der Waals surface area (Å²) < 4.78 is 11.2. The molecule has 1 aromatic heterocycles. The standard InChI is InChI=1S/C22H20N2O4S/c25-21(13-12-18-9-6-16-29-18)23-24-22(26)19-10-4-5-11-20(19)28-15-14-27-17-7-2-1-3-8-17/h1-13,16H,14-15H2,(H,23,25)(H,24,26)/b13-12+. The zero-order valence-electron chi connectivity index (χ0n) is 15.5. The van der Waals surface area contributed by atoms with Crippen LogP contribution >= 0.6 is 11.3 Å². The van der Waals surface area contributed by atoms with Crippen LogP contribution in [0.2, 0.25) is 0 Å². The Morgan fingerprint density at radius 2 is 1.62 bits per heavy atom. The van der Waals surface area contributed by atoms with E-state index in [0.29, 0.717) is 17.9 Å². The summed E-state index contributed by atoms with van der Waals surface area (Å²) in [5, 5.41) is 1.92. The predicted molar refractivity (Wildman–Crippen MR) is 113 cm³/mol. The lowest BCUT2D eigenvalue weighted by Crippen LogP contribution is -2.40. The van der Waals surface area contributed by atoms with Crippen LogP contribution in [0.1, 0.15) is 15.2 Å². The monoisotopic (exact) mass is 408 g/mol. The summed E-state index contributed by atoms with van der Waals surface area (Å²) in [6.07, 6.45) is 3.03. The van der Waals surface area contributed by atoms with Gasteiger partial charge in [-0.25, -0.2) is 0 Å². The molecule has 0 saturated heterocycles. The van der Waals surface area contributed by atoms with Crippen LogP contribution < -0.4 is 20.3 Å². The first-order valence-corrected chi connectivity index (χ1v) is 9.82. The highest BCUT2D eigenvalue weighted by molar-refractivity contribution is 7.10. The number of ether oxygens (including phenoxy) is 2. The quantitative estimate of drug-likeness (QED) is 0.339. The summed E-state index contributed by atoms with van der Waals surface area (Å²) in [6.45, 7) is 0.610. The molecule has 0 atom stereocenters. The fourth-order valence-corrected chi connectivity index (χ4v) is 3.00. The molecule has 0 unspecified atom stereocenters. The summed E-state index contributed by atoms with van der Waals surface area (Å²) in [5.41, 5.74) is 5.06. The first-order chi connectivity index (χ1) is 14.2. The smallest absolute Gasteiger partial charge is 0.273 e. The van der Waals surface area contributed by atoms with Gasteiger partial charge in [0.2, 0.25) is 0 Å². The zero-order chi connectivity index (χ0) is 20.3. The first-order valence-electron chi connectivity index (χ1n) is 8.94. The molecule has 0 spiro atoms. The van der Waals surface area contributed by atoms with Gasteiger partial charge in [-0.3, -0.25) is 20.4 Å². The highest BCUT2D eigenvalue weighted by Gasteiger charge is 2.12. The molecule has 7 heteroatoms. The first kappa shape index (κ1) is 20.2. The van der Waals surface area contributed by atoms with E-state index in [-0.39, 0.29) is 6.61 Å². The van der Waals surface area contributed by atoms with Crippen molar-refractivity contribution in [1.29, 1.82) is 0 Å². The highest BCUT2D eigenvalue weighted by atomic mass is 32.1. The molecule has 29 heavy (non-hydrogen) atoms. The van der Waals surface area contributed by atoms with Crippen molar-refractivity contribution < 1.29 is 19.1 Å². The SMILES string of the molecule is O=C(/C=C/c1cccs1)NNC(=O)c1ccccc1OCCOc1ccccc1. The summed E-state index contributed by atoms with van der Waals surface area (Å²) in [7, 11) is 0. The van der Waals surface area contributed by atoms with E-state index < -0.39 is 11.8 Å². The summed E-state index contributed by atoms with van der Waals surface area (Å²) in [6, 6.07) is 20.0. The summed E-state index contributed by atoms with van der Waals surface area (Å²) in [4.78, 5) is 25.2. The molecule has 0 fully saturated rings. The maximum absolute atomic E-state index is 12.4. The van der Waals surface area contributed by atoms with Crippen molar-refractivity contribution >= 4 is 29.2 Å². The van der Waals surface area contributed by atoms with Gasteiger partial charge in [-0.2, -0.15) is 0 Å². The van der Waals surface area contributed by atoms with Crippen LogP contribution in [-0.4, -0.2) is 25.0 Å². The van der Waals surface area contributed by atoms with Crippen molar-refractivity contribution in [3.63, 3.8) is 0 Å². The summed E-state index contributed by atoms with van der Waals surface area (Å²) >= 11 is 1.52. The van der Waals surface area contributed by atoms with Crippen molar-refractivity contribution in [3.8, 4) is 11.5 Å². The number of thiophene rings is 1. The van der Waals surface area contributed by atoms with Crippen molar-refractivity contribution in [2.24, 2.45) is 0 Å². The number of hydrogen-bond donors (Lipinski definition) is 2. The molecule has 1 heterocycles. The van der Waals surface area contributed by atoms with E-state index in [1.54, 1.807) is 30.3 Å². The topological polar surface area (TPSA) is 76.7 Å². The van der Waals surface area contributed by atoms with Crippen LogP contribution in [-0.2, 0) is 4.79 Å². The van der Waals surface area contributed by atoms with Crippen LogP contribution in [0.25, 0.3) is 6.08 Å². The van der Waals surface area contributed by atoms with E-state index in [9.17, 15) is 9.59 Å². The fraction of sp³-hybridized carbons (Fsp3) is 0.0909. The van der Waals surface area contributed by atoms with Crippen LogP contribution in [0.5, 0.6) is 11.5 Å². The van der Waals surface area contributed by atoms with E-state index in [4.69, 9.17) is 9.47 Å². The van der Waals surface area contributed by atoms with Gasteiger partial charge in [0.15, 0.2) is 0 Å². The number of nitrogens with one attached hydrogen (secondary N) is 2. The molecule has 2 N–H and O–H groups in total. The molecule has 0 bridgehead atoms. The van der Waals surface area contributed by atoms with E-state index >= 15 is 0 Å². The highest BCUT2D eigenvalue weighted by Crippen LogP contribution is 2.18. The second kappa shape index (κ2) is 10.7. The van der Waals surface area contributed by atoms with Crippen molar-refractivity contribution in [2.45, 2.75) is 0 Å². The lowest BCUT2D eigenvalue weighted by Gasteiger charge is -2.12. The third kappa shape index (κ3) is 6.51. The predicted octanol–water partition coefficient (Wildman–Crippen LogP) is 3.68. The number of amides is 2. The van der Waals surface area contributed by atoms with E-state index in [1.165, 1.54) is 17.4 Å². The van der Waals surface area contributed by atoms with Crippen LogP contribution in [0.4, 0.5) is 0 Å². The number of rotatable bonds is 8. The third-order valence-electron chi connectivity index (χ3n) is 3.73. The third-order valence-corrected chi connectivity index (χ3v) is 4.56. The van der Waals surface area contributed by atoms with E-state index in [1.807, 2.05) is 47.8 Å². The fourth-order valence-electron chi connectivity index (χ4n) is 2.38. The molecule has 3 aromatic rings. The second-order valence-corrected chi connectivity index (χ2v) is 6.78. The van der Waals surface area contributed by atoms with Crippen molar-refractivity contribution in [3.05, 3.63) is 88.6 Å². The summed E-state index contributed by atoms with van der Waals surface area (Å²) in [5.74, 6) is 0.259. The maximum atomic E-state index is 12.4. The number of carbonyl (C=O) groups excluding carboxylic acids is 2.